The van der Waals surface area contributed by atoms with Crippen LogP contribution in [0.1, 0.15) is 17.4 Å². The zero-order valence-electron chi connectivity index (χ0n) is 14.8. The van der Waals surface area contributed by atoms with Crippen molar-refractivity contribution in [3.63, 3.8) is 0 Å². The van der Waals surface area contributed by atoms with Crippen LogP contribution < -0.4 is 10.1 Å². The first-order chi connectivity index (χ1) is 13.0. The van der Waals surface area contributed by atoms with E-state index in [0.717, 1.165) is 11.4 Å². The summed E-state index contributed by atoms with van der Waals surface area (Å²) in [5, 5.41) is 14.0. The van der Waals surface area contributed by atoms with Crippen LogP contribution in [-0.2, 0) is 7.05 Å². The monoisotopic (exact) mass is 389 g/mol. The summed E-state index contributed by atoms with van der Waals surface area (Å²) in [4.78, 5) is 4.35. The summed E-state index contributed by atoms with van der Waals surface area (Å²) in [6, 6.07) is 13.0. The third-order valence-electron chi connectivity index (χ3n) is 4.12. The Morgan fingerprint density at radius 1 is 1.26 bits per heavy atom. The van der Waals surface area contributed by atoms with Crippen molar-refractivity contribution in [1.29, 1.82) is 0 Å². The molecule has 0 amide bonds. The van der Waals surface area contributed by atoms with Crippen LogP contribution in [0, 0.1) is 5.82 Å². The number of benzene rings is 2. The zero-order chi connectivity index (χ0) is 19.2. The number of para-hydroxylation sites is 1. The second-order valence-electron chi connectivity index (χ2n) is 6.19. The molecule has 0 saturated heterocycles. The van der Waals surface area contributed by atoms with Gasteiger partial charge in [-0.15, -0.1) is 0 Å². The number of imidazole rings is 1. The van der Waals surface area contributed by atoms with E-state index < -0.39 is 6.10 Å². The van der Waals surface area contributed by atoms with Crippen LogP contribution in [0.25, 0.3) is 0 Å². The lowest BCUT2D eigenvalue weighted by atomic mass is 10.1. The highest BCUT2D eigenvalue weighted by atomic mass is 35.5. The van der Waals surface area contributed by atoms with Crippen molar-refractivity contribution in [3.8, 4) is 5.75 Å². The minimum absolute atomic E-state index is 0.0766. The first-order valence-electron chi connectivity index (χ1n) is 8.56. The van der Waals surface area contributed by atoms with Crippen LogP contribution in [0.4, 0.5) is 4.39 Å². The SMILES string of the molecule is Cn1ccnc1C(NCC(O)COc1ccccc1Cl)c1cccc(F)c1. The normalized spacial score (nSPS) is 13.3. The maximum absolute atomic E-state index is 13.7. The molecule has 3 aromatic rings. The minimum Gasteiger partial charge on any atom is -0.489 e. The van der Waals surface area contributed by atoms with Gasteiger partial charge in [-0.2, -0.15) is 0 Å². The molecule has 1 aromatic heterocycles. The highest BCUT2D eigenvalue weighted by Crippen LogP contribution is 2.24. The van der Waals surface area contributed by atoms with Crippen LogP contribution >= 0.6 is 11.6 Å². The van der Waals surface area contributed by atoms with E-state index in [1.165, 1.54) is 12.1 Å². The average Bonchev–Trinajstić information content (AvgIpc) is 3.07. The minimum atomic E-state index is -0.780. The molecule has 0 radical (unpaired) electrons. The molecule has 0 aliphatic carbocycles. The average molecular weight is 390 g/mol. The van der Waals surface area contributed by atoms with Crippen LogP contribution in [-0.4, -0.2) is 33.9 Å². The van der Waals surface area contributed by atoms with E-state index in [1.807, 2.05) is 36.0 Å². The number of halogens is 2. The molecule has 2 aromatic carbocycles. The largest absolute Gasteiger partial charge is 0.489 e. The van der Waals surface area contributed by atoms with E-state index in [0.29, 0.717) is 10.8 Å². The quantitative estimate of drug-likeness (QED) is 0.620. The lowest BCUT2D eigenvalue weighted by Gasteiger charge is -2.21. The topological polar surface area (TPSA) is 59.3 Å². The third-order valence-corrected chi connectivity index (χ3v) is 4.44. The summed E-state index contributed by atoms with van der Waals surface area (Å²) in [6.45, 7) is 0.311. The predicted molar refractivity (Wildman–Crippen MR) is 102 cm³/mol. The van der Waals surface area contributed by atoms with Crippen molar-refractivity contribution in [2.75, 3.05) is 13.2 Å². The van der Waals surface area contributed by atoms with Crippen molar-refractivity contribution in [2.45, 2.75) is 12.1 Å². The van der Waals surface area contributed by atoms with Crippen molar-refractivity contribution in [1.82, 2.24) is 14.9 Å². The molecule has 2 N–H and O–H groups in total. The van der Waals surface area contributed by atoms with E-state index in [2.05, 4.69) is 10.3 Å². The summed E-state index contributed by atoms with van der Waals surface area (Å²) in [5.41, 5.74) is 0.725. The van der Waals surface area contributed by atoms with E-state index in [1.54, 1.807) is 24.4 Å². The number of hydrogen-bond acceptors (Lipinski definition) is 4. The zero-order valence-corrected chi connectivity index (χ0v) is 15.6. The van der Waals surface area contributed by atoms with Gasteiger partial charge in [0.25, 0.3) is 0 Å². The van der Waals surface area contributed by atoms with E-state index >= 15 is 0 Å². The van der Waals surface area contributed by atoms with E-state index in [4.69, 9.17) is 16.3 Å². The number of aliphatic hydroxyl groups is 1. The number of nitrogens with zero attached hydrogens (tertiary/aromatic N) is 2. The number of rotatable bonds is 8. The second kappa shape index (κ2) is 8.99. The molecule has 0 saturated carbocycles. The summed E-state index contributed by atoms with van der Waals surface area (Å²) in [5.74, 6) is 0.917. The molecule has 0 fully saturated rings. The highest BCUT2D eigenvalue weighted by Gasteiger charge is 2.20. The third kappa shape index (κ3) is 5.07. The number of aromatic nitrogens is 2. The van der Waals surface area contributed by atoms with E-state index in [9.17, 15) is 9.50 Å². The van der Waals surface area contributed by atoms with Crippen LogP contribution in [0.15, 0.2) is 60.9 Å². The lowest BCUT2D eigenvalue weighted by Crippen LogP contribution is -2.35. The number of aliphatic hydroxyl groups excluding tert-OH is 1. The Hall–Kier alpha value is -2.41. The van der Waals surface area contributed by atoms with Gasteiger partial charge in [0.1, 0.15) is 30.1 Å². The Morgan fingerprint density at radius 3 is 2.78 bits per heavy atom. The molecule has 2 unspecified atom stereocenters. The van der Waals surface area contributed by atoms with Crippen LogP contribution in [0.2, 0.25) is 5.02 Å². The molecular formula is C20H21ClFN3O2. The van der Waals surface area contributed by atoms with Gasteiger partial charge in [0, 0.05) is 26.0 Å². The summed E-state index contributed by atoms with van der Waals surface area (Å²) in [6.07, 6.45) is 2.72. The summed E-state index contributed by atoms with van der Waals surface area (Å²) in [7, 11) is 1.87. The van der Waals surface area contributed by atoms with Gasteiger partial charge in [-0.1, -0.05) is 35.9 Å². The fourth-order valence-corrected chi connectivity index (χ4v) is 2.95. The second-order valence-corrected chi connectivity index (χ2v) is 6.60. The van der Waals surface area contributed by atoms with Crippen molar-refractivity contribution in [2.24, 2.45) is 7.05 Å². The Bertz CT molecular complexity index is 887. The van der Waals surface area contributed by atoms with Crippen LogP contribution in [0.3, 0.4) is 0 Å². The van der Waals surface area contributed by atoms with Crippen molar-refractivity contribution in [3.05, 3.63) is 83.2 Å². The first-order valence-corrected chi connectivity index (χ1v) is 8.94. The molecular weight excluding hydrogens is 369 g/mol. The number of hydrogen-bond donors (Lipinski definition) is 2. The van der Waals surface area contributed by atoms with E-state index in [-0.39, 0.29) is 25.0 Å². The molecule has 0 aliphatic rings. The number of nitrogens with one attached hydrogen (secondary N) is 1. The molecule has 7 heteroatoms. The van der Waals surface area contributed by atoms with Gasteiger partial charge in [-0.3, -0.25) is 0 Å². The Kier molecular flexibility index (Phi) is 6.45. The fraction of sp³-hybridized carbons (Fsp3) is 0.250. The highest BCUT2D eigenvalue weighted by molar-refractivity contribution is 6.32. The molecule has 142 valence electrons. The molecule has 0 bridgehead atoms. The van der Waals surface area contributed by atoms with Crippen molar-refractivity contribution < 1.29 is 14.2 Å². The summed E-state index contributed by atoms with van der Waals surface area (Å²) >= 11 is 6.05. The lowest BCUT2D eigenvalue weighted by molar-refractivity contribution is 0.104. The molecule has 1 heterocycles. The molecule has 2 atom stereocenters. The van der Waals surface area contributed by atoms with Gasteiger partial charge < -0.3 is 19.7 Å². The Morgan fingerprint density at radius 2 is 2.07 bits per heavy atom. The van der Waals surface area contributed by atoms with Gasteiger partial charge in [0.15, 0.2) is 0 Å². The Balaban J connectivity index is 1.66. The molecule has 0 aliphatic heterocycles. The smallest absolute Gasteiger partial charge is 0.138 e. The number of ether oxygens (including phenoxy) is 1. The van der Waals surface area contributed by atoms with Gasteiger partial charge >= 0.3 is 0 Å². The molecule has 5 nitrogen and oxygen atoms in total. The standard InChI is InChI=1S/C20H21ClFN3O2/c1-25-10-9-23-20(25)19(14-5-4-6-15(22)11-14)24-12-16(26)13-27-18-8-3-2-7-17(18)21/h2-11,16,19,24,26H,12-13H2,1H3. The molecule has 3 rings (SSSR count). The molecule has 27 heavy (non-hydrogen) atoms. The maximum Gasteiger partial charge on any atom is 0.138 e. The van der Waals surface area contributed by atoms with Gasteiger partial charge in [-0.25, -0.2) is 9.37 Å². The fourth-order valence-electron chi connectivity index (χ4n) is 2.76. The maximum atomic E-state index is 13.7. The van der Waals surface area contributed by atoms with Gasteiger partial charge in [-0.05, 0) is 29.8 Å². The van der Waals surface area contributed by atoms with Gasteiger partial charge in [0.2, 0.25) is 0 Å². The Labute approximate surface area is 162 Å². The first kappa shape index (κ1) is 19.4. The van der Waals surface area contributed by atoms with Gasteiger partial charge in [0.05, 0.1) is 11.1 Å². The van der Waals surface area contributed by atoms with Crippen molar-refractivity contribution >= 4 is 11.6 Å². The predicted octanol–water partition coefficient (Wildman–Crippen LogP) is 3.33. The molecule has 0 spiro atoms. The summed E-state index contributed by atoms with van der Waals surface area (Å²) < 4.78 is 21.1. The number of aryl methyl sites for hydroxylation is 1. The van der Waals surface area contributed by atoms with Crippen LogP contribution in [0.5, 0.6) is 5.75 Å².